The van der Waals surface area contributed by atoms with E-state index in [1.54, 1.807) is 11.6 Å². The molecule has 2 heterocycles. The van der Waals surface area contributed by atoms with Gasteiger partial charge in [-0.25, -0.2) is 9.46 Å². The Labute approximate surface area is 163 Å². The van der Waals surface area contributed by atoms with E-state index >= 15 is 0 Å². The van der Waals surface area contributed by atoms with Crippen LogP contribution in [0.4, 0.5) is 4.20 Å². The fraction of sp³-hybridized carbons (Fsp3) is 0.750. The van der Waals surface area contributed by atoms with Crippen molar-refractivity contribution in [3.63, 3.8) is 0 Å². The molecule has 156 valence electrons. The molecule has 4 atom stereocenters. The highest BCUT2D eigenvalue weighted by molar-refractivity contribution is 7.44. The largest absolute Gasteiger partial charge is 0.352 e. The minimum atomic E-state index is -2.35. The van der Waals surface area contributed by atoms with Crippen LogP contribution in [0.5, 0.6) is 0 Å². The van der Waals surface area contributed by atoms with Gasteiger partial charge in [-0.1, -0.05) is 5.11 Å². The molecule has 10 nitrogen and oxygen atoms in total. The van der Waals surface area contributed by atoms with Gasteiger partial charge in [-0.3, -0.25) is 14.3 Å². The molecule has 28 heavy (non-hydrogen) atoms. The predicted octanol–water partition coefficient (Wildman–Crippen LogP) is 3.14. The Hall–Kier alpha value is -1.77. The third-order valence-corrected chi connectivity index (χ3v) is 6.09. The van der Waals surface area contributed by atoms with Crippen LogP contribution in [0.15, 0.2) is 20.9 Å². The average Bonchev–Trinajstić information content (AvgIpc) is 2.98. The Balaban J connectivity index is 2.14. The number of H-pyrrole nitrogens is 1. The van der Waals surface area contributed by atoms with E-state index in [0.717, 1.165) is 0 Å². The van der Waals surface area contributed by atoms with Gasteiger partial charge in [-0.05, 0) is 40.1 Å². The number of ether oxygens (including phenoxy) is 1. The van der Waals surface area contributed by atoms with E-state index in [4.69, 9.17) is 14.8 Å². The number of nitrogens with zero attached hydrogens (tertiary/aromatic N) is 5. The molecule has 0 amide bonds. The summed E-state index contributed by atoms with van der Waals surface area (Å²) in [6.45, 7) is 8.98. The van der Waals surface area contributed by atoms with Crippen LogP contribution in [0.3, 0.4) is 0 Å². The summed E-state index contributed by atoms with van der Waals surface area (Å²) in [6.07, 6.45) is 0.154. The highest BCUT2D eigenvalue weighted by atomic mass is 31.2. The number of azide groups is 1. The number of aromatic nitrogens is 2. The lowest BCUT2D eigenvalue weighted by atomic mass is 10.1. The second kappa shape index (κ2) is 9.62. The Bertz CT molecular complexity index is 829. The zero-order valence-electron chi connectivity index (χ0n) is 16.6. The number of rotatable bonds is 8. The summed E-state index contributed by atoms with van der Waals surface area (Å²) in [4.78, 5) is 28.7. The van der Waals surface area contributed by atoms with Crippen molar-refractivity contribution in [3.05, 3.63) is 43.0 Å². The van der Waals surface area contributed by atoms with Crippen molar-refractivity contribution in [3.8, 4) is 0 Å². The third kappa shape index (κ3) is 5.18. The van der Waals surface area contributed by atoms with E-state index < -0.39 is 38.2 Å². The summed E-state index contributed by atoms with van der Waals surface area (Å²) in [5.41, 5.74) is 8.06. The molecule has 1 aromatic rings. The Morgan fingerprint density at radius 1 is 1.46 bits per heavy atom. The molecule has 0 radical (unpaired) electrons. The minimum absolute atomic E-state index is 0.0380. The molecule has 1 aliphatic heterocycles. The van der Waals surface area contributed by atoms with E-state index in [1.807, 2.05) is 27.7 Å². The molecule has 0 spiro atoms. The van der Waals surface area contributed by atoms with Crippen LogP contribution >= 0.6 is 8.61 Å². The number of hydrogen-bond acceptors (Lipinski definition) is 6. The summed E-state index contributed by atoms with van der Waals surface area (Å²) < 4.78 is 28.7. The lowest BCUT2D eigenvalue weighted by Gasteiger charge is -2.32. The van der Waals surface area contributed by atoms with Gasteiger partial charge >= 0.3 is 14.3 Å². The fourth-order valence-electron chi connectivity index (χ4n) is 3.18. The molecule has 1 unspecified atom stereocenters. The van der Waals surface area contributed by atoms with Gasteiger partial charge in [0.15, 0.2) is 0 Å². The van der Waals surface area contributed by atoms with Gasteiger partial charge in [-0.2, -0.15) is 4.20 Å². The van der Waals surface area contributed by atoms with Crippen molar-refractivity contribution in [2.24, 2.45) is 5.11 Å². The first-order valence-electron chi connectivity index (χ1n) is 9.04. The van der Waals surface area contributed by atoms with Crippen molar-refractivity contribution in [2.45, 2.75) is 71.5 Å². The Morgan fingerprint density at radius 3 is 2.68 bits per heavy atom. The molecule has 1 aromatic heterocycles. The molecule has 0 aromatic carbocycles. The first-order chi connectivity index (χ1) is 13.1. The van der Waals surface area contributed by atoms with Gasteiger partial charge in [0.05, 0.1) is 18.8 Å². The second-order valence-corrected chi connectivity index (χ2v) is 8.38. The molecule has 1 saturated heterocycles. The molecule has 1 aliphatic rings. The van der Waals surface area contributed by atoms with Gasteiger partial charge in [0.2, 0.25) is 0 Å². The molecular weight excluding hydrogens is 390 g/mol. The molecular formula is C16H26FN6O4P. The highest BCUT2D eigenvalue weighted by Gasteiger charge is 2.38. The summed E-state index contributed by atoms with van der Waals surface area (Å²) >= 11 is 0. The van der Waals surface area contributed by atoms with Crippen LogP contribution in [0.1, 0.15) is 45.9 Å². The molecule has 0 bridgehead atoms. The second-order valence-electron chi connectivity index (χ2n) is 7.21. The zero-order valence-corrected chi connectivity index (χ0v) is 17.5. The summed E-state index contributed by atoms with van der Waals surface area (Å²) in [5.74, 6) is 0. The van der Waals surface area contributed by atoms with Crippen LogP contribution in [-0.2, 0) is 9.26 Å². The lowest BCUT2D eigenvalue weighted by Crippen LogP contribution is -2.34. The number of halogens is 1. The summed E-state index contributed by atoms with van der Waals surface area (Å²) in [7, 11) is -2.35. The molecule has 1 fully saturated rings. The fourth-order valence-corrected chi connectivity index (χ4v) is 4.31. The number of hydrogen-bond donors (Lipinski definition) is 1. The van der Waals surface area contributed by atoms with Crippen molar-refractivity contribution in [1.82, 2.24) is 14.2 Å². The van der Waals surface area contributed by atoms with Crippen LogP contribution in [0, 0.1) is 6.92 Å². The molecule has 2 rings (SSSR count). The summed E-state index contributed by atoms with van der Waals surface area (Å²) in [6, 6.07) is -0.697. The minimum Gasteiger partial charge on any atom is -0.352 e. The quantitative estimate of drug-likeness (QED) is 0.302. The predicted molar refractivity (Wildman–Crippen MR) is 104 cm³/mol. The maximum atomic E-state index is 14.6. The van der Waals surface area contributed by atoms with Crippen LogP contribution in [-0.4, -0.2) is 45.1 Å². The highest BCUT2D eigenvalue weighted by Crippen LogP contribution is 2.47. The first-order valence-corrected chi connectivity index (χ1v) is 10.1. The van der Waals surface area contributed by atoms with Crippen molar-refractivity contribution < 1.29 is 13.5 Å². The molecule has 12 heteroatoms. The smallest absolute Gasteiger partial charge is 0.330 e. The van der Waals surface area contributed by atoms with Crippen LogP contribution in [0.2, 0.25) is 0 Å². The maximum absolute atomic E-state index is 14.6. The summed E-state index contributed by atoms with van der Waals surface area (Å²) in [5, 5.41) is 3.70. The van der Waals surface area contributed by atoms with Gasteiger partial charge in [0.1, 0.15) is 6.23 Å². The monoisotopic (exact) mass is 416 g/mol. The van der Waals surface area contributed by atoms with Crippen molar-refractivity contribution in [1.29, 1.82) is 0 Å². The van der Waals surface area contributed by atoms with E-state index in [9.17, 15) is 13.8 Å². The Kier molecular flexibility index (Phi) is 7.74. The van der Waals surface area contributed by atoms with Gasteiger partial charge in [0, 0.05) is 35.2 Å². The van der Waals surface area contributed by atoms with E-state index in [0.29, 0.717) is 5.56 Å². The van der Waals surface area contributed by atoms with Crippen molar-refractivity contribution >= 4 is 8.61 Å². The molecule has 1 N–H and O–H groups in total. The Morgan fingerprint density at radius 2 is 2.11 bits per heavy atom. The van der Waals surface area contributed by atoms with Crippen molar-refractivity contribution in [2.75, 3.05) is 6.61 Å². The number of nitrogens with one attached hydrogen (secondary N) is 1. The number of aryl methyl sites for hydroxylation is 1. The van der Waals surface area contributed by atoms with Gasteiger partial charge < -0.3 is 9.26 Å². The van der Waals surface area contributed by atoms with Gasteiger partial charge in [-0.15, -0.1) is 0 Å². The van der Waals surface area contributed by atoms with E-state index in [1.165, 1.54) is 10.8 Å². The maximum Gasteiger partial charge on any atom is 0.330 e. The standard InChI is InChI=1S/C16H26FN6O4P/c1-9(2)23(10(3)4)28(17)26-8-13-12(20-21-18)6-14(27-13)22-7-11(5)15(24)19-16(22)25/h7,9-10,12-14H,6,8H2,1-5H3,(H,19,24,25)/t12-,13+,14+,28?/m0/s1. The van der Waals surface area contributed by atoms with Crippen LogP contribution < -0.4 is 11.2 Å². The lowest BCUT2D eigenvalue weighted by molar-refractivity contribution is -0.0232. The van der Waals surface area contributed by atoms with E-state index in [2.05, 4.69) is 15.0 Å². The number of aromatic amines is 1. The third-order valence-electron chi connectivity index (χ3n) is 4.45. The molecule has 0 aliphatic carbocycles. The first kappa shape index (κ1) is 22.5. The van der Waals surface area contributed by atoms with Crippen LogP contribution in [0.25, 0.3) is 10.4 Å². The zero-order chi connectivity index (χ0) is 21.0. The SMILES string of the molecule is Cc1cn([C@H]2C[C@H](N=[N+]=[N-])[C@@H](COP(F)N(C(C)C)C(C)C)O2)c(=O)[nH]c1=O. The van der Waals surface area contributed by atoms with E-state index in [-0.39, 0.29) is 25.1 Å². The normalized spacial score (nSPS) is 23.4. The topological polar surface area (TPSA) is 125 Å². The molecule has 0 saturated carbocycles. The van der Waals surface area contributed by atoms with Gasteiger partial charge in [0.25, 0.3) is 5.56 Å². The average molecular weight is 416 g/mol.